The number of carbonyl (C=O) groups excluding carboxylic acids is 1. The van der Waals surface area contributed by atoms with Crippen LogP contribution >= 0.6 is 11.6 Å². The first kappa shape index (κ1) is 17.6. The summed E-state index contributed by atoms with van der Waals surface area (Å²) < 4.78 is 5.15. The molecule has 0 saturated carbocycles. The molecule has 3 aromatic carbocycles. The van der Waals surface area contributed by atoms with E-state index in [-0.39, 0.29) is 5.91 Å². The van der Waals surface area contributed by atoms with Crippen molar-refractivity contribution in [3.63, 3.8) is 0 Å². The second kappa shape index (κ2) is 7.45. The van der Waals surface area contributed by atoms with Gasteiger partial charge in [0, 0.05) is 12.1 Å². The predicted octanol–water partition coefficient (Wildman–Crippen LogP) is 5.49. The number of anilines is 1. The molecule has 0 spiro atoms. The molecule has 0 heterocycles. The van der Waals surface area contributed by atoms with Crippen LogP contribution in [-0.4, -0.2) is 13.0 Å². The molecule has 0 atom stereocenters. The standard InChI is InChI=1S/C23H20ClNO2/c1-27-22-10-6-15(12-21(22)24)7-11-23(26)25-18-8-9-20-17(14-18)13-16-4-2-3-5-19(16)20/h2-6,8-10,12,14H,7,11,13H2,1H3,(H,25,26). The van der Waals surface area contributed by atoms with Gasteiger partial charge in [-0.1, -0.05) is 48.0 Å². The lowest BCUT2D eigenvalue weighted by Gasteiger charge is -2.09. The Balaban J connectivity index is 1.39. The average Bonchev–Trinajstić information content (AvgIpc) is 3.04. The summed E-state index contributed by atoms with van der Waals surface area (Å²) >= 11 is 6.14. The van der Waals surface area contributed by atoms with Gasteiger partial charge in [0.15, 0.2) is 0 Å². The van der Waals surface area contributed by atoms with Crippen molar-refractivity contribution in [2.24, 2.45) is 0 Å². The smallest absolute Gasteiger partial charge is 0.224 e. The maximum atomic E-state index is 12.3. The average molecular weight is 378 g/mol. The SMILES string of the molecule is COc1ccc(CCC(=O)Nc2ccc3c(c2)Cc2ccccc2-3)cc1Cl. The van der Waals surface area contributed by atoms with Crippen molar-refractivity contribution in [1.82, 2.24) is 0 Å². The number of fused-ring (bicyclic) bond motifs is 3. The van der Waals surface area contributed by atoms with Crippen molar-refractivity contribution < 1.29 is 9.53 Å². The number of halogens is 1. The molecule has 1 amide bonds. The Kier molecular flexibility index (Phi) is 4.87. The van der Waals surface area contributed by atoms with E-state index in [9.17, 15) is 4.79 Å². The highest BCUT2D eigenvalue weighted by Crippen LogP contribution is 2.37. The van der Waals surface area contributed by atoms with Gasteiger partial charge in [-0.15, -0.1) is 0 Å². The van der Waals surface area contributed by atoms with E-state index in [0.717, 1.165) is 17.7 Å². The molecule has 1 N–H and O–H groups in total. The maximum absolute atomic E-state index is 12.3. The number of methoxy groups -OCH3 is 1. The van der Waals surface area contributed by atoms with Gasteiger partial charge in [0.1, 0.15) is 5.75 Å². The van der Waals surface area contributed by atoms with E-state index in [2.05, 4.69) is 41.7 Å². The number of amides is 1. The molecule has 1 aliphatic rings. The zero-order valence-corrected chi connectivity index (χ0v) is 15.8. The molecule has 4 heteroatoms. The fourth-order valence-electron chi connectivity index (χ4n) is 3.57. The number of nitrogens with one attached hydrogen (secondary N) is 1. The van der Waals surface area contributed by atoms with Gasteiger partial charge in [0.2, 0.25) is 5.91 Å². The van der Waals surface area contributed by atoms with Crippen LogP contribution in [0.3, 0.4) is 0 Å². The van der Waals surface area contributed by atoms with Gasteiger partial charge in [-0.25, -0.2) is 0 Å². The number of benzene rings is 3. The molecule has 1 aliphatic carbocycles. The van der Waals surface area contributed by atoms with Crippen molar-refractivity contribution in [2.45, 2.75) is 19.3 Å². The van der Waals surface area contributed by atoms with Crippen molar-refractivity contribution >= 4 is 23.2 Å². The van der Waals surface area contributed by atoms with Crippen LogP contribution in [0.5, 0.6) is 5.75 Å². The third-order valence-electron chi connectivity index (χ3n) is 4.93. The highest BCUT2D eigenvalue weighted by atomic mass is 35.5. The number of carbonyl (C=O) groups is 1. The van der Waals surface area contributed by atoms with E-state index in [1.54, 1.807) is 7.11 Å². The normalized spacial score (nSPS) is 11.6. The van der Waals surface area contributed by atoms with Crippen molar-refractivity contribution in [1.29, 1.82) is 0 Å². The minimum absolute atomic E-state index is 0.00241. The maximum Gasteiger partial charge on any atom is 0.224 e. The lowest BCUT2D eigenvalue weighted by Crippen LogP contribution is -2.12. The minimum atomic E-state index is -0.00241. The quantitative estimate of drug-likeness (QED) is 0.499. The van der Waals surface area contributed by atoms with Crippen LogP contribution in [-0.2, 0) is 17.6 Å². The molecular weight excluding hydrogens is 358 g/mol. The third kappa shape index (κ3) is 3.69. The zero-order chi connectivity index (χ0) is 18.8. The van der Waals surface area contributed by atoms with Crippen LogP contribution in [0.4, 0.5) is 5.69 Å². The van der Waals surface area contributed by atoms with Crippen LogP contribution in [0.15, 0.2) is 60.7 Å². The van der Waals surface area contributed by atoms with E-state index in [1.165, 1.54) is 22.3 Å². The second-order valence-electron chi connectivity index (χ2n) is 6.72. The summed E-state index contributed by atoms with van der Waals surface area (Å²) in [4.78, 5) is 12.3. The molecule has 0 fully saturated rings. The van der Waals surface area contributed by atoms with E-state index >= 15 is 0 Å². The molecule has 136 valence electrons. The summed E-state index contributed by atoms with van der Waals surface area (Å²) in [5.74, 6) is 0.640. The summed E-state index contributed by atoms with van der Waals surface area (Å²) in [5.41, 5.74) is 7.02. The van der Waals surface area contributed by atoms with Crippen LogP contribution < -0.4 is 10.1 Å². The molecule has 0 saturated heterocycles. The molecule has 3 aromatic rings. The highest BCUT2D eigenvalue weighted by molar-refractivity contribution is 6.32. The predicted molar refractivity (Wildman–Crippen MR) is 110 cm³/mol. The second-order valence-corrected chi connectivity index (χ2v) is 7.13. The van der Waals surface area contributed by atoms with Crippen LogP contribution in [0.25, 0.3) is 11.1 Å². The first-order valence-electron chi connectivity index (χ1n) is 8.97. The number of aryl methyl sites for hydroxylation is 1. The zero-order valence-electron chi connectivity index (χ0n) is 15.1. The molecule has 0 unspecified atom stereocenters. The van der Waals surface area contributed by atoms with Gasteiger partial charge in [-0.05, 0) is 64.9 Å². The summed E-state index contributed by atoms with van der Waals surface area (Å²) in [7, 11) is 1.59. The molecule has 0 bridgehead atoms. The lowest BCUT2D eigenvalue weighted by atomic mass is 10.1. The van der Waals surface area contributed by atoms with E-state index < -0.39 is 0 Å². The minimum Gasteiger partial charge on any atom is -0.495 e. The Bertz CT molecular complexity index is 1010. The molecular formula is C23H20ClNO2. The summed E-state index contributed by atoms with van der Waals surface area (Å²) in [6, 6.07) is 20.2. The fourth-order valence-corrected chi connectivity index (χ4v) is 3.85. The van der Waals surface area contributed by atoms with Crippen molar-refractivity contribution in [2.75, 3.05) is 12.4 Å². The molecule has 0 aromatic heterocycles. The Morgan fingerprint density at radius 1 is 1.04 bits per heavy atom. The number of hydrogen-bond acceptors (Lipinski definition) is 2. The Morgan fingerprint density at radius 2 is 1.85 bits per heavy atom. The molecule has 0 aliphatic heterocycles. The van der Waals surface area contributed by atoms with Gasteiger partial charge in [0.05, 0.1) is 12.1 Å². The van der Waals surface area contributed by atoms with Gasteiger partial charge in [-0.2, -0.15) is 0 Å². The number of rotatable bonds is 5. The monoisotopic (exact) mass is 377 g/mol. The molecule has 4 rings (SSSR count). The third-order valence-corrected chi connectivity index (χ3v) is 5.23. The number of hydrogen-bond donors (Lipinski definition) is 1. The van der Waals surface area contributed by atoms with Crippen LogP contribution in [0, 0.1) is 0 Å². The fraction of sp³-hybridized carbons (Fsp3) is 0.174. The largest absolute Gasteiger partial charge is 0.495 e. The van der Waals surface area contributed by atoms with Gasteiger partial charge >= 0.3 is 0 Å². The molecule has 27 heavy (non-hydrogen) atoms. The first-order chi connectivity index (χ1) is 13.1. The lowest BCUT2D eigenvalue weighted by molar-refractivity contribution is -0.116. The molecule has 3 nitrogen and oxygen atoms in total. The Hall–Kier alpha value is -2.78. The van der Waals surface area contributed by atoms with Crippen LogP contribution in [0.1, 0.15) is 23.1 Å². The van der Waals surface area contributed by atoms with Crippen molar-refractivity contribution in [3.8, 4) is 16.9 Å². The highest BCUT2D eigenvalue weighted by Gasteiger charge is 2.18. The van der Waals surface area contributed by atoms with Gasteiger partial charge < -0.3 is 10.1 Å². The van der Waals surface area contributed by atoms with Crippen LogP contribution in [0.2, 0.25) is 5.02 Å². The molecule has 0 radical (unpaired) electrons. The summed E-state index contributed by atoms with van der Waals surface area (Å²) in [6.45, 7) is 0. The Morgan fingerprint density at radius 3 is 2.67 bits per heavy atom. The number of ether oxygens (including phenoxy) is 1. The summed E-state index contributed by atoms with van der Waals surface area (Å²) in [6.07, 6.45) is 1.95. The topological polar surface area (TPSA) is 38.3 Å². The van der Waals surface area contributed by atoms with E-state index in [1.807, 2.05) is 24.3 Å². The first-order valence-corrected chi connectivity index (χ1v) is 9.35. The summed E-state index contributed by atoms with van der Waals surface area (Å²) in [5, 5.41) is 3.57. The van der Waals surface area contributed by atoms with Crippen molar-refractivity contribution in [3.05, 3.63) is 82.4 Å². The Labute approximate surface area is 163 Å². The van der Waals surface area contributed by atoms with E-state index in [0.29, 0.717) is 23.6 Å². The van der Waals surface area contributed by atoms with E-state index in [4.69, 9.17) is 16.3 Å². The van der Waals surface area contributed by atoms with Gasteiger partial charge in [-0.3, -0.25) is 4.79 Å². The van der Waals surface area contributed by atoms with Gasteiger partial charge in [0.25, 0.3) is 0 Å².